The lowest BCUT2D eigenvalue weighted by Gasteiger charge is -2.08. The van der Waals surface area contributed by atoms with E-state index in [9.17, 15) is 10.1 Å². The van der Waals surface area contributed by atoms with Crippen molar-refractivity contribution in [1.82, 2.24) is 0 Å². The van der Waals surface area contributed by atoms with Gasteiger partial charge >= 0.3 is 5.69 Å². The molecule has 0 bridgehead atoms. The maximum Gasteiger partial charge on any atom is 0.312 e. The summed E-state index contributed by atoms with van der Waals surface area (Å²) in [6.45, 7) is 0. The Morgan fingerprint density at radius 1 is 1.10 bits per heavy atom. The molecule has 0 aliphatic carbocycles. The number of nitrogens with zero attached hydrogens (tertiary/aromatic N) is 2. The fourth-order valence-electron chi connectivity index (χ4n) is 1.52. The van der Waals surface area contributed by atoms with E-state index in [0.717, 1.165) is 4.47 Å². The normalized spacial score (nSPS) is 9.85. The number of nitro groups is 1. The van der Waals surface area contributed by atoms with Crippen molar-refractivity contribution < 1.29 is 9.66 Å². The highest BCUT2D eigenvalue weighted by Crippen LogP contribution is 2.35. The van der Waals surface area contributed by atoms with Gasteiger partial charge in [-0.05, 0) is 30.3 Å². The first-order valence-corrected chi connectivity index (χ1v) is 6.91. The van der Waals surface area contributed by atoms with Gasteiger partial charge in [0.15, 0.2) is 0 Å². The second kappa shape index (κ2) is 6.03. The highest BCUT2D eigenvalue weighted by Gasteiger charge is 2.17. The van der Waals surface area contributed by atoms with E-state index in [1.165, 1.54) is 12.1 Å². The third kappa shape index (κ3) is 3.15. The highest BCUT2D eigenvalue weighted by molar-refractivity contribution is 9.10. The van der Waals surface area contributed by atoms with Crippen molar-refractivity contribution in [2.24, 2.45) is 0 Å². The zero-order chi connectivity index (χ0) is 14.7. The topological polar surface area (TPSA) is 76.2 Å². The molecule has 5 nitrogen and oxygen atoms in total. The van der Waals surface area contributed by atoms with Crippen LogP contribution < -0.4 is 4.74 Å². The van der Waals surface area contributed by atoms with E-state index >= 15 is 0 Å². The van der Waals surface area contributed by atoms with E-state index in [-0.39, 0.29) is 22.7 Å². The van der Waals surface area contributed by atoms with Gasteiger partial charge in [0.1, 0.15) is 11.8 Å². The van der Waals surface area contributed by atoms with Crippen molar-refractivity contribution in [1.29, 1.82) is 5.26 Å². The average molecular weight is 398 g/mol. The SMILES string of the molecule is N#Cc1cc(Br)ccc1Oc1ccc(Br)cc1[N+](=O)[O-]. The summed E-state index contributed by atoms with van der Waals surface area (Å²) in [6.07, 6.45) is 0. The number of hydrogen-bond donors (Lipinski definition) is 0. The lowest BCUT2D eigenvalue weighted by molar-refractivity contribution is -0.385. The summed E-state index contributed by atoms with van der Waals surface area (Å²) in [4.78, 5) is 10.5. The molecule has 0 saturated carbocycles. The maximum atomic E-state index is 11.0. The number of benzene rings is 2. The van der Waals surface area contributed by atoms with E-state index < -0.39 is 4.92 Å². The molecule has 0 aliphatic rings. The first kappa shape index (κ1) is 14.5. The van der Waals surface area contributed by atoms with Gasteiger partial charge in [0.25, 0.3) is 0 Å². The van der Waals surface area contributed by atoms with Crippen LogP contribution in [-0.4, -0.2) is 4.92 Å². The van der Waals surface area contributed by atoms with E-state index in [1.54, 1.807) is 24.3 Å². The first-order valence-electron chi connectivity index (χ1n) is 5.32. The molecule has 0 amide bonds. The minimum atomic E-state index is -0.537. The molecule has 7 heteroatoms. The Morgan fingerprint density at radius 2 is 1.70 bits per heavy atom. The number of ether oxygens (including phenoxy) is 1. The molecule has 0 N–H and O–H groups in total. The number of nitro benzene ring substituents is 1. The van der Waals surface area contributed by atoms with Crippen molar-refractivity contribution in [3.8, 4) is 17.6 Å². The summed E-state index contributed by atoms with van der Waals surface area (Å²) in [6, 6.07) is 11.3. The molecule has 0 atom stereocenters. The van der Waals surface area contributed by atoms with Crippen molar-refractivity contribution >= 4 is 37.5 Å². The average Bonchev–Trinajstić information content (AvgIpc) is 2.42. The summed E-state index contributed by atoms with van der Waals surface area (Å²) in [5.41, 5.74) is 0.114. The number of halogens is 2. The quantitative estimate of drug-likeness (QED) is 0.551. The summed E-state index contributed by atoms with van der Waals surface area (Å²) < 4.78 is 6.80. The second-order valence-corrected chi connectivity index (χ2v) is 5.55. The van der Waals surface area contributed by atoms with Gasteiger partial charge in [0.05, 0.1) is 10.5 Å². The van der Waals surface area contributed by atoms with Crippen LogP contribution in [-0.2, 0) is 0 Å². The molecule has 20 heavy (non-hydrogen) atoms. The van der Waals surface area contributed by atoms with E-state index in [2.05, 4.69) is 31.9 Å². The van der Waals surface area contributed by atoms with Gasteiger partial charge in [0, 0.05) is 15.0 Å². The van der Waals surface area contributed by atoms with Crippen molar-refractivity contribution in [3.05, 3.63) is 61.0 Å². The fourth-order valence-corrected chi connectivity index (χ4v) is 2.23. The molecule has 0 heterocycles. The van der Waals surface area contributed by atoms with Crippen LogP contribution in [0.4, 0.5) is 5.69 Å². The molecule has 2 rings (SSSR count). The minimum absolute atomic E-state index is 0.0806. The fraction of sp³-hybridized carbons (Fsp3) is 0. The number of nitriles is 1. The van der Waals surface area contributed by atoms with E-state index in [0.29, 0.717) is 4.47 Å². The summed E-state index contributed by atoms with van der Waals surface area (Å²) in [5.74, 6) is 0.346. The third-order valence-electron chi connectivity index (χ3n) is 2.40. The van der Waals surface area contributed by atoms with Crippen LogP contribution in [0.15, 0.2) is 45.3 Å². The van der Waals surface area contributed by atoms with Gasteiger partial charge in [-0.25, -0.2) is 0 Å². The molecular formula is C13H6Br2N2O3. The Hall–Kier alpha value is -1.91. The standard InChI is InChI=1S/C13H6Br2N2O3/c14-9-1-3-12(8(5-9)7-16)20-13-4-2-10(15)6-11(13)17(18)19/h1-6H. The Balaban J connectivity index is 2.45. The monoisotopic (exact) mass is 396 g/mol. The lowest BCUT2D eigenvalue weighted by atomic mass is 10.2. The van der Waals surface area contributed by atoms with Gasteiger partial charge < -0.3 is 4.74 Å². The molecule has 0 aliphatic heterocycles. The Bertz CT molecular complexity index is 726. The molecule has 0 aromatic heterocycles. The maximum absolute atomic E-state index is 11.0. The highest BCUT2D eigenvalue weighted by atomic mass is 79.9. The van der Waals surface area contributed by atoms with Gasteiger partial charge in [-0.1, -0.05) is 31.9 Å². The molecule has 0 saturated heterocycles. The Morgan fingerprint density at radius 3 is 2.30 bits per heavy atom. The van der Waals surface area contributed by atoms with Crippen LogP contribution in [0.5, 0.6) is 11.5 Å². The third-order valence-corrected chi connectivity index (χ3v) is 3.39. The van der Waals surface area contributed by atoms with Crippen LogP contribution in [0.3, 0.4) is 0 Å². The minimum Gasteiger partial charge on any atom is -0.449 e. The zero-order valence-electron chi connectivity index (χ0n) is 9.84. The van der Waals surface area contributed by atoms with E-state index in [1.807, 2.05) is 6.07 Å². The van der Waals surface area contributed by atoms with Crippen LogP contribution in [0, 0.1) is 21.4 Å². The summed E-state index contributed by atoms with van der Waals surface area (Å²) in [7, 11) is 0. The zero-order valence-corrected chi connectivity index (χ0v) is 13.0. The van der Waals surface area contributed by atoms with E-state index in [4.69, 9.17) is 10.00 Å². The van der Waals surface area contributed by atoms with Crippen LogP contribution in [0.1, 0.15) is 5.56 Å². The molecule has 0 fully saturated rings. The summed E-state index contributed by atoms with van der Waals surface area (Å²) in [5, 5.41) is 20.1. The molecular weight excluding hydrogens is 392 g/mol. The van der Waals surface area contributed by atoms with Crippen LogP contribution in [0.25, 0.3) is 0 Å². The van der Waals surface area contributed by atoms with Crippen molar-refractivity contribution in [2.45, 2.75) is 0 Å². The van der Waals surface area contributed by atoms with Crippen LogP contribution in [0.2, 0.25) is 0 Å². The van der Waals surface area contributed by atoms with Gasteiger partial charge in [0.2, 0.25) is 5.75 Å². The van der Waals surface area contributed by atoms with Gasteiger partial charge in [-0.2, -0.15) is 5.26 Å². The summed E-state index contributed by atoms with van der Waals surface area (Å²) >= 11 is 6.42. The number of hydrogen-bond acceptors (Lipinski definition) is 4. The molecule has 0 unspecified atom stereocenters. The Labute approximate surface area is 131 Å². The second-order valence-electron chi connectivity index (χ2n) is 3.72. The lowest BCUT2D eigenvalue weighted by Crippen LogP contribution is -1.95. The molecule has 0 radical (unpaired) electrons. The first-order chi connectivity index (χ1) is 9.51. The van der Waals surface area contributed by atoms with Gasteiger partial charge in [-0.15, -0.1) is 0 Å². The number of rotatable bonds is 3. The van der Waals surface area contributed by atoms with Crippen molar-refractivity contribution in [3.63, 3.8) is 0 Å². The van der Waals surface area contributed by atoms with Gasteiger partial charge in [-0.3, -0.25) is 10.1 Å². The molecule has 100 valence electrons. The smallest absolute Gasteiger partial charge is 0.312 e. The Kier molecular flexibility index (Phi) is 4.37. The van der Waals surface area contributed by atoms with Crippen LogP contribution >= 0.6 is 31.9 Å². The van der Waals surface area contributed by atoms with Crippen molar-refractivity contribution in [2.75, 3.05) is 0 Å². The molecule has 2 aromatic rings. The molecule has 2 aromatic carbocycles. The predicted molar refractivity (Wildman–Crippen MR) is 79.7 cm³/mol. The predicted octanol–water partition coefficient (Wildman–Crippen LogP) is 4.78. The largest absolute Gasteiger partial charge is 0.449 e. The molecule has 0 spiro atoms.